The third kappa shape index (κ3) is 4.47. The smallest absolute Gasteiger partial charge is 0.168 e. The third-order valence-corrected chi connectivity index (χ3v) is 8.93. The Balaban J connectivity index is 1.51. The van der Waals surface area contributed by atoms with Crippen LogP contribution >= 0.6 is 57.7 Å². The standard InChI is InChI=1S/C28H20Cl4N4S/c1-2-23-24(26-34-35-27(37-26)28(13-14-28)16-3-5-17(29)6-4-16)33-25(21-12-9-19(31)15-22(21)32)36(23)20-10-7-18(30)8-11-20/h3-12,15H,2,13-14H2,1H3. The van der Waals surface area contributed by atoms with Gasteiger partial charge in [0.15, 0.2) is 5.01 Å². The Morgan fingerprint density at radius 3 is 2.11 bits per heavy atom. The lowest BCUT2D eigenvalue weighted by Gasteiger charge is -2.13. The molecule has 0 spiro atoms. The summed E-state index contributed by atoms with van der Waals surface area (Å²) in [6, 6.07) is 21.2. The molecule has 3 aromatic carbocycles. The summed E-state index contributed by atoms with van der Waals surface area (Å²) in [7, 11) is 0. The van der Waals surface area contributed by atoms with Gasteiger partial charge in [0.2, 0.25) is 0 Å². The molecule has 1 saturated carbocycles. The van der Waals surface area contributed by atoms with Crippen molar-refractivity contribution in [1.29, 1.82) is 0 Å². The maximum Gasteiger partial charge on any atom is 0.168 e. The van der Waals surface area contributed by atoms with Gasteiger partial charge in [-0.05, 0) is 79.4 Å². The van der Waals surface area contributed by atoms with Gasteiger partial charge in [-0.1, -0.05) is 76.8 Å². The number of hydrogen-bond acceptors (Lipinski definition) is 4. The minimum absolute atomic E-state index is 0.103. The monoisotopic (exact) mass is 584 g/mol. The van der Waals surface area contributed by atoms with Gasteiger partial charge in [0.05, 0.1) is 10.7 Å². The predicted octanol–water partition coefficient (Wildman–Crippen LogP) is 9.31. The number of hydrogen-bond donors (Lipinski definition) is 0. The quantitative estimate of drug-likeness (QED) is 0.199. The van der Waals surface area contributed by atoms with Gasteiger partial charge in [-0.3, -0.25) is 4.57 Å². The predicted molar refractivity (Wildman–Crippen MR) is 154 cm³/mol. The zero-order chi connectivity index (χ0) is 25.7. The Bertz CT molecular complexity index is 1600. The van der Waals surface area contributed by atoms with E-state index in [1.165, 1.54) is 5.56 Å². The van der Waals surface area contributed by atoms with Crippen LogP contribution in [0.15, 0.2) is 66.7 Å². The third-order valence-electron chi connectivity index (χ3n) is 6.75. The van der Waals surface area contributed by atoms with Crippen molar-refractivity contribution >= 4 is 57.7 Å². The summed E-state index contributed by atoms with van der Waals surface area (Å²) in [5, 5.41) is 13.6. The summed E-state index contributed by atoms with van der Waals surface area (Å²) >= 11 is 26.8. The Morgan fingerprint density at radius 1 is 0.838 bits per heavy atom. The molecule has 0 saturated heterocycles. The summed E-state index contributed by atoms with van der Waals surface area (Å²) < 4.78 is 2.12. The SMILES string of the molecule is CCc1c(-c2nnc(C3(c4ccc(Cl)cc4)CC3)s2)nc(-c2ccc(Cl)cc2Cl)n1-c1ccc(Cl)cc1. The molecular weight excluding hydrogens is 566 g/mol. The first-order chi connectivity index (χ1) is 17.9. The second-order valence-electron chi connectivity index (χ2n) is 9.02. The molecule has 0 radical (unpaired) electrons. The van der Waals surface area contributed by atoms with Crippen molar-refractivity contribution in [2.75, 3.05) is 0 Å². The molecule has 0 aliphatic heterocycles. The summed E-state index contributed by atoms with van der Waals surface area (Å²) in [5.74, 6) is 0.714. The van der Waals surface area contributed by atoms with E-state index in [2.05, 4.69) is 33.8 Å². The molecule has 6 rings (SSSR count). The number of rotatable bonds is 6. The fourth-order valence-corrected chi connectivity index (χ4v) is 6.57. The van der Waals surface area contributed by atoms with Gasteiger partial charge in [-0.15, -0.1) is 10.2 Å². The zero-order valence-corrected chi connectivity index (χ0v) is 23.5. The summed E-state index contributed by atoms with van der Waals surface area (Å²) in [4.78, 5) is 5.10. The minimum Gasteiger partial charge on any atom is -0.296 e. The lowest BCUT2D eigenvalue weighted by atomic mass is 9.97. The van der Waals surface area contributed by atoms with Gasteiger partial charge in [-0.25, -0.2) is 4.98 Å². The number of halogens is 4. The van der Waals surface area contributed by atoms with Crippen molar-refractivity contribution in [3.05, 3.63) is 103 Å². The minimum atomic E-state index is -0.103. The highest BCUT2D eigenvalue weighted by molar-refractivity contribution is 7.14. The lowest BCUT2D eigenvalue weighted by molar-refractivity contribution is 0.807. The number of imidazole rings is 1. The van der Waals surface area contributed by atoms with Gasteiger partial charge in [0.25, 0.3) is 0 Å². The van der Waals surface area contributed by atoms with Gasteiger partial charge >= 0.3 is 0 Å². The van der Waals surface area contributed by atoms with E-state index in [1.54, 1.807) is 17.4 Å². The zero-order valence-electron chi connectivity index (χ0n) is 19.7. The summed E-state index contributed by atoms with van der Waals surface area (Å²) in [6.07, 6.45) is 2.80. The molecule has 5 aromatic rings. The number of nitrogens with zero attached hydrogens (tertiary/aromatic N) is 4. The van der Waals surface area contributed by atoms with E-state index in [0.29, 0.717) is 20.9 Å². The maximum absolute atomic E-state index is 6.66. The van der Waals surface area contributed by atoms with Crippen LogP contribution < -0.4 is 0 Å². The van der Waals surface area contributed by atoms with Crippen molar-refractivity contribution in [2.24, 2.45) is 0 Å². The second-order valence-corrected chi connectivity index (χ2v) is 11.7. The van der Waals surface area contributed by atoms with Crippen LogP contribution in [0.4, 0.5) is 0 Å². The van der Waals surface area contributed by atoms with E-state index in [4.69, 9.17) is 51.4 Å². The van der Waals surface area contributed by atoms with E-state index in [1.807, 2.05) is 48.5 Å². The first-order valence-corrected chi connectivity index (χ1v) is 14.2. The highest BCUT2D eigenvalue weighted by Crippen LogP contribution is 2.55. The van der Waals surface area contributed by atoms with Gasteiger partial charge in [0, 0.05) is 31.7 Å². The van der Waals surface area contributed by atoms with Crippen LogP contribution in [0.25, 0.3) is 27.8 Å². The fraction of sp³-hybridized carbons (Fsp3) is 0.179. The molecular formula is C28H20Cl4N4S. The number of benzene rings is 3. The molecule has 1 aliphatic rings. The van der Waals surface area contributed by atoms with Crippen LogP contribution in [0.2, 0.25) is 20.1 Å². The summed E-state index contributed by atoms with van der Waals surface area (Å²) in [6.45, 7) is 2.11. The highest BCUT2D eigenvalue weighted by atomic mass is 35.5. The van der Waals surface area contributed by atoms with Gasteiger partial charge in [-0.2, -0.15) is 0 Å². The van der Waals surface area contributed by atoms with E-state index in [0.717, 1.165) is 56.9 Å². The first-order valence-electron chi connectivity index (χ1n) is 11.8. The maximum atomic E-state index is 6.66. The van der Waals surface area contributed by atoms with E-state index < -0.39 is 0 Å². The van der Waals surface area contributed by atoms with Crippen LogP contribution in [-0.2, 0) is 11.8 Å². The van der Waals surface area contributed by atoms with Crippen molar-refractivity contribution in [3.8, 4) is 27.8 Å². The molecule has 0 unspecified atom stereocenters. The molecule has 1 fully saturated rings. The first kappa shape index (κ1) is 24.9. The molecule has 4 nitrogen and oxygen atoms in total. The molecule has 0 atom stereocenters. The molecule has 0 N–H and O–H groups in total. The molecule has 37 heavy (non-hydrogen) atoms. The average molecular weight is 586 g/mol. The van der Waals surface area contributed by atoms with Crippen LogP contribution in [0.3, 0.4) is 0 Å². The van der Waals surface area contributed by atoms with E-state index in [-0.39, 0.29) is 5.41 Å². The average Bonchev–Trinajstić information content (AvgIpc) is 3.38. The van der Waals surface area contributed by atoms with Crippen LogP contribution in [0.5, 0.6) is 0 Å². The second kappa shape index (κ2) is 9.72. The lowest BCUT2D eigenvalue weighted by Crippen LogP contribution is -2.07. The van der Waals surface area contributed by atoms with Crippen molar-refractivity contribution in [3.63, 3.8) is 0 Å². The molecule has 9 heteroatoms. The Hall–Kier alpha value is -2.41. The summed E-state index contributed by atoms with van der Waals surface area (Å²) in [5.41, 5.74) is 4.65. The van der Waals surface area contributed by atoms with Crippen LogP contribution in [0, 0.1) is 0 Å². The van der Waals surface area contributed by atoms with Crippen LogP contribution in [-0.4, -0.2) is 19.7 Å². The Morgan fingerprint density at radius 2 is 1.49 bits per heavy atom. The largest absolute Gasteiger partial charge is 0.296 e. The van der Waals surface area contributed by atoms with Gasteiger partial charge < -0.3 is 0 Å². The Labute approximate surface area is 238 Å². The van der Waals surface area contributed by atoms with E-state index >= 15 is 0 Å². The topological polar surface area (TPSA) is 43.6 Å². The fourth-order valence-electron chi connectivity index (χ4n) is 4.70. The Kier molecular flexibility index (Phi) is 6.54. The van der Waals surface area contributed by atoms with Crippen molar-refractivity contribution < 1.29 is 0 Å². The molecule has 1 aliphatic carbocycles. The molecule has 186 valence electrons. The number of aromatic nitrogens is 4. The molecule has 2 aromatic heterocycles. The molecule has 0 amide bonds. The van der Waals surface area contributed by atoms with Crippen molar-refractivity contribution in [2.45, 2.75) is 31.6 Å². The van der Waals surface area contributed by atoms with Crippen molar-refractivity contribution in [1.82, 2.24) is 19.7 Å². The molecule has 2 heterocycles. The van der Waals surface area contributed by atoms with Crippen LogP contribution in [0.1, 0.15) is 36.0 Å². The van der Waals surface area contributed by atoms with E-state index in [9.17, 15) is 0 Å². The normalized spacial score (nSPS) is 14.2. The molecule has 0 bridgehead atoms. The highest BCUT2D eigenvalue weighted by Gasteiger charge is 2.49. The van der Waals surface area contributed by atoms with Gasteiger partial charge in [0.1, 0.15) is 16.5 Å².